The molecule has 3 rings (SSSR count). The van der Waals surface area contributed by atoms with Crippen molar-refractivity contribution >= 4 is 17.8 Å². The fourth-order valence-corrected chi connectivity index (χ4v) is 2.47. The summed E-state index contributed by atoms with van der Waals surface area (Å²) in [6.07, 6.45) is -5.85. The number of carbonyl (C=O) groups excluding carboxylic acids is 3. The van der Waals surface area contributed by atoms with Crippen molar-refractivity contribution < 1.29 is 32.4 Å². The number of carbonyl (C=O) groups is 3. The van der Waals surface area contributed by atoms with Crippen LogP contribution in [0, 0.1) is 0 Å². The molecule has 2 aromatic carbocycles. The molecule has 0 spiro atoms. The Labute approximate surface area is 139 Å². The van der Waals surface area contributed by atoms with E-state index in [1.807, 2.05) is 0 Å². The van der Waals surface area contributed by atoms with E-state index in [-0.39, 0.29) is 27.3 Å². The summed E-state index contributed by atoms with van der Waals surface area (Å²) >= 11 is 0. The molecule has 0 bridgehead atoms. The lowest BCUT2D eigenvalue weighted by Gasteiger charge is -2.15. The van der Waals surface area contributed by atoms with Gasteiger partial charge in [-0.2, -0.15) is 13.2 Å². The molecule has 0 fully saturated rings. The van der Waals surface area contributed by atoms with Crippen LogP contribution in [0.25, 0.3) is 0 Å². The van der Waals surface area contributed by atoms with Crippen LogP contribution in [0.2, 0.25) is 0 Å². The summed E-state index contributed by atoms with van der Waals surface area (Å²) in [5.74, 6) is -2.90. The van der Waals surface area contributed by atoms with Gasteiger partial charge < -0.3 is 4.84 Å². The second kappa shape index (κ2) is 6.04. The number of halogens is 3. The summed E-state index contributed by atoms with van der Waals surface area (Å²) in [4.78, 5) is 41.3. The fourth-order valence-electron chi connectivity index (χ4n) is 2.47. The molecule has 8 heteroatoms. The Balaban J connectivity index is 1.85. The largest absolute Gasteiger partial charge is 0.393 e. The van der Waals surface area contributed by atoms with Gasteiger partial charge in [0.05, 0.1) is 23.1 Å². The van der Waals surface area contributed by atoms with Gasteiger partial charge in [-0.1, -0.05) is 35.4 Å². The topological polar surface area (TPSA) is 63.7 Å². The molecule has 2 aromatic rings. The molecule has 0 saturated carbocycles. The van der Waals surface area contributed by atoms with Crippen molar-refractivity contribution in [3.05, 3.63) is 70.8 Å². The Morgan fingerprint density at radius 2 is 1.44 bits per heavy atom. The highest BCUT2D eigenvalue weighted by molar-refractivity contribution is 6.21. The number of imide groups is 1. The van der Waals surface area contributed by atoms with Gasteiger partial charge in [-0.05, 0) is 23.8 Å². The molecule has 128 valence electrons. The lowest BCUT2D eigenvalue weighted by atomic mass is 10.0. The first-order valence-electron chi connectivity index (χ1n) is 7.13. The van der Waals surface area contributed by atoms with Crippen LogP contribution in [-0.4, -0.2) is 29.0 Å². The Kier molecular flexibility index (Phi) is 4.03. The van der Waals surface area contributed by atoms with Crippen LogP contribution in [0.15, 0.2) is 48.5 Å². The molecular weight excluding hydrogens is 339 g/mol. The highest BCUT2D eigenvalue weighted by Crippen LogP contribution is 2.26. The number of fused-ring (bicyclic) bond motifs is 1. The van der Waals surface area contributed by atoms with Crippen molar-refractivity contribution in [2.45, 2.75) is 12.6 Å². The quantitative estimate of drug-likeness (QED) is 0.799. The molecule has 0 saturated heterocycles. The maximum Gasteiger partial charge on any atom is 0.393 e. The first-order valence-corrected chi connectivity index (χ1v) is 7.13. The number of hydrogen-bond acceptors (Lipinski definition) is 4. The van der Waals surface area contributed by atoms with Gasteiger partial charge in [0, 0.05) is 0 Å². The molecule has 0 N–H and O–H groups in total. The predicted octanol–water partition coefficient (Wildman–Crippen LogP) is 3.16. The molecular formula is C17H10F3NO4. The molecule has 1 aliphatic heterocycles. The summed E-state index contributed by atoms with van der Waals surface area (Å²) in [7, 11) is 0. The van der Waals surface area contributed by atoms with Gasteiger partial charge >= 0.3 is 12.1 Å². The van der Waals surface area contributed by atoms with E-state index < -0.39 is 30.4 Å². The number of rotatable bonds is 3. The minimum atomic E-state index is -4.52. The summed E-state index contributed by atoms with van der Waals surface area (Å²) in [6.45, 7) is 0. The fraction of sp³-hybridized carbons (Fsp3) is 0.118. The zero-order valence-corrected chi connectivity index (χ0v) is 12.5. The Morgan fingerprint density at radius 3 is 2.00 bits per heavy atom. The van der Waals surface area contributed by atoms with E-state index in [1.54, 1.807) is 0 Å². The van der Waals surface area contributed by atoms with Crippen LogP contribution in [-0.2, 0) is 11.3 Å². The van der Waals surface area contributed by atoms with Gasteiger partial charge in [-0.25, -0.2) is 4.79 Å². The van der Waals surface area contributed by atoms with Gasteiger partial charge in [0.2, 0.25) is 0 Å². The number of alkyl halides is 3. The van der Waals surface area contributed by atoms with Crippen LogP contribution in [0.3, 0.4) is 0 Å². The summed E-state index contributed by atoms with van der Waals surface area (Å²) in [5, 5.41) is 0.261. The molecule has 2 amide bonds. The first-order chi connectivity index (χ1) is 11.8. The van der Waals surface area contributed by atoms with Crippen LogP contribution in [0.4, 0.5) is 13.2 Å². The van der Waals surface area contributed by atoms with Crippen LogP contribution in [0.1, 0.15) is 36.6 Å². The Hall–Kier alpha value is -3.16. The van der Waals surface area contributed by atoms with E-state index >= 15 is 0 Å². The third kappa shape index (κ3) is 3.23. The van der Waals surface area contributed by atoms with Gasteiger partial charge in [0.25, 0.3) is 11.8 Å². The van der Waals surface area contributed by atoms with Gasteiger partial charge in [-0.3, -0.25) is 9.59 Å². The monoisotopic (exact) mass is 349 g/mol. The number of benzene rings is 2. The van der Waals surface area contributed by atoms with E-state index in [9.17, 15) is 27.6 Å². The Bertz CT molecular complexity index is 841. The molecule has 0 aromatic heterocycles. The highest BCUT2D eigenvalue weighted by atomic mass is 19.4. The number of hydrogen-bond donors (Lipinski definition) is 0. The summed E-state index contributed by atoms with van der Waals surface area (Å²) in [5.41, 5.74) is -0.555. The van der Waals surface area contributed by atoms with Crippen LogP contribution >= 0.6 is 0 Å². The van der Waals surface area contributed by atoms with Crippen LogP contribution in [0.5, 0.6) is 0 Å². The lowest BCUT2D eigenvalue weighted by Crippen LogP contribution is -2.33. The molecule has 1 aliphatic rings. The third-order valence-electron chi connectivity index (χ3n) is 3.56. The van der Waals surface area contributed by atoms with Crippen molar-refractivity contribution in [1.29, 1.82) is 0 Å². The van der Waals surface area contributed by atoms with E-state index in [4.69, 9.17) is 4.84 Å². The first kappa shape index (κ1) is 16.7. The smallest absolute Gasteiger partial charge is 0.324 e. The minimum absolute atomic E-state index is 0.0591. The maximum atomic E-state index is 12.6. The molecule has 0 aliphatic carbocycles. The van der Waals surface area contributed by atoms with E-state index in [1.165, 1.54) is 36.4 Å². The number of amides is 2. The molecule has 25 heavy (non-hydrogen) atoms. The minimum Gasteiger partial charge on any atom is -0.324 e. The average Bonchev–Trinajstić information content (AvgIpc) is 2.79. The predicted molar refractivity (Wildman–Crippen MR) is 78.6 cm³/mol. The number of hydroxylamine groups is 2. The van der Waals surface area contributed by atoms with Crippen molar-refractivity contribution in [3.63, 3.8) is 0 Å². The lowest BCUT2D eigenvalue weighted by molar-refractivity contribution is -0.127. The van der Waals surface area contributed by atoms with E-state index in [0.29, 0.717) is 0 Å². The van der Waals surface area contributed by atoms with E-state index in [0.717, 1.165) is 12.1 Å². The Morgan fingerprint density at radius 1 is 0.920 bits per heavy atom. The van der Waals surface area contributed by atoms with Gasteiger partial charge in [0.1, 0.15) is 0 Å². The zero-order chi connectivity index (χ0) is 18.2. The third-order valence-corrected chi connectivity index (χ3v) is 3.56. The van der Waals surface area contributed by atoms with E-state index in [2.05, 4.69) is 0 Å². The molecule has 1 heterocycles. The van der Waals surface area contributed by atoms with Crippen molar-refractivity contribution in [2.24, 2.45) is 0 Å². The standard InChI is InChI=1S/C17H10F3NO4/c18-17(19,20)9-10-5-1-2-6-11(10)16(24)25-21-14(22)12-7-3-4-8-13(12)15(21)23/h1-8H,9H2. The SMILES string of the molecule is O=C(ON1C(=O)c2ccccc2C1=O)c1ccccc1CC(F)(F)F. The average molecular weight is 349 g/mol. The summed E-state index contributed by atoms with van der Waals surface area (Å²) < 4.78 is 37.9. The highest BCUT2D eigenvalue weighted by Gasteiger charge is 2.39. The number of nitrogens with zero attached hydrogens (tertiary/aromatic N) is 1. The van der Waals surface area contributed by atoms with Gasteiger partial charge in [0.15, 0.2) is 0 Å². The normalized spacial score (nSPS) is 13.8. The summed E-state index contributed by atoms with van der Waals surface area (Å²) in [6, 6.07) is 10.8. The van der Waals surface area contributed by atoms with Gasteiger partial charge in [-0.15, -0.1) is 0 Å². The van der Waals surface area contributed by atoms with Crippen LogP contribution < -0.4 is 0 Å². The van der Waals surface area contributed by atoms with Crippen molar-refractivity contribution in [1.82, 2.24) is 5.06 Å². The second-order valence-electron chi connectivity index (χ2n) is 5.28. The second-order valence-corrected chi connectivity index (χ2v) is 5.28. The molecule has 0 atom stereocenters. The molecule has 0 radical (unpaired) electrons. The zero-order valence-electron chi connectivity index (χ0n) is 12.5. The molecule has 5 nitrogen and oxygen atoms in total. The maximum absolute atomic E-state index is 12.6. The van der Waals surface area contributed by atoms with Crippen molar-refractivity contribution in [2.75, 3.05) is 0 Å². The molecule has 0 unspecified atom stereocenters. The van der Waals surface area contributed by atoms with Crippen molar-refractivity contribution in [3.8, 4) is 0 Å².